The molecule has 0 N–H and O–H groups in total. The molecule has 2 saturated heterocycles. The summed E-state index contributed by atoms with van der Waals surface area (Å²) in [6.07, 6.45) is 2.70. The van der Waals surface area contributed by atoms with Crippen molar-refractivity contribution in [2.75, 3.05) is 39.3 Å². The largest absolute Gasteiger partial charge is 0.377 e. The number of hydrogen-bond donors (Lipinski definition) is 0. The van der Waals surface area contributed by atoms with E-state index in [1.54, 1.807) is 0 Å². The third kappa shape index (κ3) is 4.35. The topological polar surface area (TPSA) is 45.7 Å². The highest BCUT2D eigenvalue weighted by molar-refractivity contribution is 7.17. The Morgan fingerprint density at radius 1 is 1.33 bits per heavy atom. The van der Waals surface area contributed by atoms with E-state index in [1.165, 1.54) is 17.8 Å². The van der Waals surface area contributed by atoms with E-state index in [1.807, 2.05) is 36.1 Å². The Bertz CT molecular complexity index is 811. The fourth-order valence-electron chi connectivity index (χ4n) is 3.69. The Labute approximate surface area is 168 Å². The molecule has 144 valence electrons. The van der Waals surface area contributed by atoms with Crippen molar-refractivity contribution in [2.45, 2.75) is 25.9 Å². The van der Waals surface area contributed by atoms with Gasteiger partial charge in [-0.1, -0.05) is 23.7 Å². The van der Waals surface area contributed by atoms with Crippen LogP contribution in [0.15, 0.2) is 24.3 Å². The highest BCUT2D eigenvalue weighted by Crippen LogP contribution is 2.30. The van der Waals surface area contributed by atoms with Gasteiger partial charge in [0, 0.05) is 49.9 Å². The number of carbonyl (C=O) groups is 1. The molecule has 2 aromatic rings. The zero-order valence-corrected chi connectivity index (χ0v) is 17.1. The van der Waals surface area contributed by atoms with Gasteiger partial charge < -0.3 is 9.64 Å². The van der Waals surface area contributed by atoms with Crippen molar-refractivity contribution in [1.29, 1.82) is 0 Å². The predicted molar refractivity (Wildman–Crippen MR) is 109 cm³/mol. The highest BCUT2D eigenvalue weighted by atomic mass is 35.5. The molecule has 1 aromatic carbocycles. The second-order valence-corrected chi connectivity index (χ2v) is 8.61. The van der Waals surface area contributed by atoms with Gasteiger partial charge in [-0.05, 0) is 31.9 Å². The minimum Gasteiger partial charge on any atom is -0.377 e. The average molecular weight is 406 g/mol. The Morgan fingerprint density at radius 2 is 2.15 bits per heavy atom. The van der Waals surface area contributed by atoms with Gasteiger partial charge in [-0.25, -0.2) is 4.98 Å². The van der Waals surface area contributed by atoms with Crippen molar-refractivity contribution < 1.29 is 9.53 Å². The number of piperazine rings is 1. The second kappa shape index (κ2) is 8.27. The zero-order valence-electron chi connectivity index (χ0n) is 15.5. The Hall–Kier alpha value is -1.47. The van der Waals surface area contributed by atoms with Crippen molar-refractivity contribution in [3.05, 3.63) is 39.9 Å². The molecule has 27 heavy (non-hydrogen) atoms. The first-order valence-electron chi connectivity index (χ1n) is 9.47. The Morgan fingerprint density at radius 3 is 2.85 bits per heavy atom. The van der Waals surface area contributed by atoms with E-state index in [0.29, 0.717) is 11.1 Å². The number of rotatable bonds is 4. The molecular formula is C20H24ClN3O2S. The molecule has 0 aliphatic carbocycles. The lowest BCUT2D eigenvalue weighted by molar-refractivity contribution is 0.0435. The number of hydrogen-bond acceptors (Lipinski definition) is 5. The first kappa shape index (κ1) is 18.9. The molecule has 2 aliphatic rings. The highest BCUT2D eigenvalue weighted by Gasteiger charge is 2.27. The van der Waals surface area contributed by atoms with E-state index in [9.17, 15) is 4.79 Å². The number of benzene rings is 1. The van der Waals surface area contributed by atoms with Crippen LogP contribution < -0.4 is 0 Å². The maximum absolute atomic E-state index is 13.0. The fraction of sp³-hybridized carbons (Fsp3) is 0.500. The van der Waals surface area contributed by atoms with E-state index >= 15 is 0 Å². The summed E-state index contributed by atoms with van der Waals surface area (Å²) in [6, 6.07) is 7.61. The van der Waals surface area contributed by atoms with Crippen LogP contribution in [0.5, 0.6) is 0 Å². The summed E-state index contributed by atoms with van der Waals surface area (Å²) in [5.74, 6) is 0.0926. The van der Waals surface area contributed by atoms with Crippen molar-refractivity contribution >= 4 is 28.8 Å². The maximum atomic E-state index is 13.0. The molecule has 2 fully saturated rings. The molecule has 1 aromatic heterocycles. The predicted octanol–water partition coefficient (Wildman–Crippen LogP) is 3.71. The van der Waals surface area contributed by atoms with Crippen LogP contribution in [-0.4, -0.2) is 66.1 Å². The van der Waals surface area contributed by atoms with Gasteiger partial charge >= 0.3 is 0 Å². The summed E-state index contributed by atoms with van der Waals surface area (Å²) in [5, 5.41) is 1.52. The lowest BCUT2D eigenvalue weighted by Crippen LogP contribution is -2.50. The molecular weight excluding hydrogens is 382 g/mol. The number of halogens is 1. The van der Waals surface area contributed by atoms with E-state index < -0.39 is 0 Å². The minimum absolute atomic E-state index is 0.0926. The third-order valence-electron chi connectivity index (χ3n) is 5.21. The van der Waals surface area contributed by atoms with Crippen molar-refractivity contribution in [2.24, 2.45) is 0 Å². The molecule has 7 heteroatoms. The number of carbonyl (C=O) groups excluding carboxylic acids is 1. The monoisotopic (exact) mass is 405 g/mol. The fourth-order valence-corrected chi connectivity index (χ4v) is 4.91. The SMILES string of the molecule is Cc1nc(-c2cccc(Cl)c2)sc1C(=O)N1CCN(CC2CCCO2)CC1. The van der Waals surface area contributed by atoms with Crippen LogP contribution in [0.1, 0.15) is 28.2 Å². The smallest absolute Gasteiger partial charge is 0.265 e. The molecule has 0 radical (unpaired) electrons. The number of ether oxygens (including phenoxy) is 1. The van der Waals surface area contributed by atoms with E-state index in [0.717, 1.165) is 66.9 Å². The zero-order chi connectivity index (χ0) is 18.8. The first-order chi connectivity index (χ1) is 13.1. The van der Waals surface area contributed by atoms with Crippen LogP contribution >= 0.6 is 22.9 Å². The molecule has 4 rings (SSSR count). The first-order valence-corrected chi connectivity index (χ1v) is 10.7. The van der Waals surface area contributed by atoms with Gasteiger partial charge in [0.05, 0.1) is 11.8 Å². The molecule has 3 heterocycles. The molecule has 0 spiro atoms. The van der Waals surface area contributed by atoms with Crippen LogP contribution in [-0.2, 0) is 4.74 Å². The average Bonchev–Trinajstić information content (AvgIpc) is 3.31. The van der Waals surface area contributed by atoms with E-state index in [2.05, 4.69) is 9.88 Å². The summed E-state index contributed by atoms with van der Waals surface area (Å²) in [7, 11) is 0. The van der Waals surface area contributed by atoms with Crippen LogP contribution in [0.2, 0.25) is 5.02 Å². The summed E-state index contributed by atoms with van der Waals surface area (Å²) >= 11 is 7.54. The summed E-state index contributed by atoms with van der Waals surface area (Å²) in [5.41, 5.74) is 1.75. The molecule has 0 bridgehead atoms. The lowest BCUT2D eigenvalue weighted by atomic mass is 10.2. The van der Waals surface area contributed by atoms with Gasteiger partial charge in [0.15, 0.2) is 0 Å². The normalized spacial score (nSPS) is 21.0. The van der Waals surface area contributed by atoms with Crippen LogP contribution in [0, 0.1) is 6.92 Å². The Kier molecular flexibility index (Phi) is 5.78. The maximum Gasteiger partial charge on any atom is 0.265 e. The van der Waals surface area contributed by atoms with Crippen LogP contribution in [0.25, 0.3) is 10.6 Å². The van der Waals surface area contributed by atoms with Gasteiger partial charge in [0.25, 0.3) is 5.91 Å². The van der Waals surface area contributed by atoms with Gasteiger partial charge in [0.2, 0.25) is 0 Å². The van der Waals surface area contributed by atoms with Crippen LogP contribution in [0.4, 0.5) is 0 Å². The summed E-state index contributed by atoms with van der Waals surface area (Å²) in [4.78, 5) is 22.7. The second-order valence-electron chi connectivity index (χ2n) is 7.17. The van der Waals surface area contributed by atoms with E-state index in [4.69, 9.17) is 16.3 Å². The number of aromatic nitrogens is 1. The third-order valence-corrected chi connectivity index (χ3v) is 6.64. The van der Waals surface area contributed by atoms with Crippen molar-refractivity contribution in [1.82, 2.24) is 14.8 Å². The summed E-state index contributed by atoms with van der Waals surface area (Å²) in [6.45, 7) is 7.12. The molecule has 1 unspecified atom stereocenters. The van der Waals surface area contributed by atoms with Gasteiger partial charge in [-0.3, -0.25) is 9.69 Å². The standard InChI is InChI=1S/C20H24ClN3O2S/c1-14-18(27-19(22-14)15-4-2-5-16(21)12-15)20(25)24-9-7-23(8-10-24)13-17-6-3-11-26-17/h2,4-5,12,17H,3,6-11,13H2,1H3. The van der Waals surface area contributed by atoms with Gasteiger partial charge in [-0.15, -0.1) is 11.3 Å². The van der Waals surface area contributed by atoms with Crippen LogP contribution in [0.3, 0.4) is 0 Å². The Balaban J connectivity index is 1.40. The molecule has 5 nitrogen and oxygen atoms in total. The number of nitrogens with zero attached hydrogens (tertiary/aromatic N) is 3. The molecule has 0 saturated carbocycles. The molecule has 1 atom stereocenters. The minimum atomic E-state index is 0.0926. The van der Waals surface area contributed by atoms with Gasteiger partial charge in [0.1, 0.15) is 9.88 Å². The lowest BCUT2D eigenvalue weighted by Gasteiger charge is -2.35. The molecule has 2 aliphatic heterocycles. The number of amides is 1. The van der Waals surface area contributed by atoms with Crippen molar-refractivity contribution in [3.63, 3.8) is 0 Å². The van der Waals surface area contributed by atoms with Crippen molar-refractivity contribution in [3.8, 4) is 10.6 Å². The molecule has 1 amide bonds. The van der Waals surface area contributed by atoms with E-state index in [-0.39, 0.29) is 5.91 Å². The summed E-state index contributed by atoms with van der Waals surface area (Å²) < 4.78 is 5.73. The number of aryl methyl sites for hydroxylation is 1. The number of thiazole rings is 1. The quantitative estimate of drug-likeness (QED) is 0.777. The van der Waals surface area contributed by atoms with Gasteiger partial charge in [-0.2, -0.15) is 0 Å².